The quantitative estimate of drug-likeness (QED) is 0.115. The summed E-state index contributed by atoms with van der Waals surface area (Å²) in [5.74, 6) is 0.0993. The summed E-state index contributed by atoms with van der Waals surface area (Å²) in [6.45, 7) is 0. The molecule has 0 N–H and O–H groups in total. The van der Waals surface area contributed by atoms with Crippen molar-refractivity contribution in [1.29, 1.82) is 0 Å². The number of para-hydroxylation sites is 1. The van der Waals surface area contributed by atoms with Gasteiger partial charge in [0.15, 0.2) is 8.07 Å². The van der Waals surface area contributed by atoms with Crippen molar-refractivity contribution in [2.24, 2.45) is 0 Å². The molecule has 0 saturated heterocycles. The molecule has 0 saturated carbocycles. The number of hydrogen-bond donors (Lipinski definition) is 0. The number of furan rings is 1. The Morgan fingerprint density at radius 2 is 0.797 bits per heavy atom. The normalized spacial score (nSPS) is 14.9. The van der Waals surface area contributed by atoms with Crippen LogP contribution in [0.5, 0.6) is 0 Å². The highest BCUT2D eigenvalue weighted by Gasteiger charge is 2.50. The highest BCUT2D eigenvalue weighted by molar-refractivity contribution is 7.20. The van der Waals surface area contributed by atoms with Crippen molar-refractivity contribution in [2.45, 2.75) is 11.8 Å². The molecule has 300 valence electrons. The van der Waals surface area contributed by atoms with Gasteiger partial charge in [0.2, 0.25) is 0 Å². The lowest BCUT2D eigenvalue weighted by Crippen LogP contribution is -2.75. The molecule has 64 heavy (non-hydrogen) atoms. The molecule has 3 aliphatic rings. The molecule has 0 aliphatic heterocycles. The molecule has 1 nitrogen and oxygen atoms in total. The van der Waals surface area contributed by atoms with Crippen LogP contribution in [0.15, 0.2) is 247 Å². The van der Waals surface area contributed by atoms with Crippen molar-refractivity contribution in [3.05, 3.63) is 276 Å². The molecular weight excluding hydrogens is 789 g/mol. The van der Waals surface area contributed by atoms with Crippen LogP contribution in [-0.4, -0.2) is 8.07 Å². The van der Waals surface area contributed by atoms with E-state index in [0.29, 0.717) is 0 Å². The van der Waals surface area contributed by atoms with Gasteiger partial charge in [0.25, 0.3) is 0 Å². The van der Waals surface area contributed by atoms with Crippen molar-refractivity contribution < 1.29 is 4.42 Å². The van der Waals surface area contributed by atoms with E-state index in [1.54, 1.807) is 0 Å². The van der Waals surface area contributed by atoms with Gasteiger partial charge in [-0.3, -0.25) is 0 Å². The molecule has 0 spiro atoms. The lowest BCUT2D eigenvalue weighted by molar-refractivity contribution is 0.669. The third-order valence-corrected chi connectivity index (χ3v) is 19.0. The third kappa shape index (κ3) is 5.36. The summed E-state index contributed by atoms with van der Waals surface area (Å²) in [5.41, 5.74) is 17.8. The van der Waals surface area contributed by atoms with Crippen LogP contribution in [0, 0.1) is 0 Å². The fourth-order valence-corrected chi connectivity index (χ4v) is 16.8. The van der Waals surface area contributed by atoms with Crippen LogP contribution in [0.1, 0.15) is 45.2 Å². The predicted octanol–water partition coefficient (Wildman–Crippen LogP) is 13.0. The second kappa shape index (κ2) is 14.7. The third-order valence-electron chi connectivity index (χ3n) is 14.2. The average Bonchev–Trinajstić information content (AvgIpc) is 3.77. The molecule has 2 unspecified atom stereocenters. The Morgan fingerprint density at radius 1 is 0.312 bits per heavy atom. The van der Waals surface area contributed by atoms with Crippen molar-refractivity contribution in [3.8, 4) is 33.4 Å². The van der Waals surface area contributed by atoms with E-state index >= 15 is 0 Å². The molecule has 10 aromatic carbocycles. The number of hydrogen-bond acceptors (Lipinski definition) is 1. The summed E-state index contributed by atoms with van der Waals surface area (Å²) >= 11 is 0. The number of rotatable bonds is 7. The molecule has 2 atom stereocenters. The summed E-state index contributed by atoms with van der Waals surface area (Å²) in [6, 6.07) is 91.0. The molecule has 2 heteroatoms. The maximum atomic E-state index is 6.46. The van der Waals surface area contributed by atoms with Crippen molar-refractivity contribution in [1.82, 2.24) is 0 Å². The lowest BCUT2D eigenvalue weighted by Gasteiger charge is -2.47. The smallest absolute Gasteiger partial charge is 0.179 e. The molecular formula is C62H42OSi. The van der Waals surface area contributed by atoms with Crippen molar-refractivity contribution >= 4 is 50.8 Å². The minimum Gasteiger partial charge on any atom is -0.456 e. The van der Waals surface area contributed by atoms with Crippen LogP contribution in [0.25, 0.3) is 55.3 Å². The van der Waals surface area contributed by atoms with Crippen LogP contribution in [0.3, 0.4) is 0 Å². The summed E-state index contributed by atoms with van der Waals surface area (Å²) in [4.78, 5) is 0. The highest BCUT2D eigenvalue weighted by atomic mass is 28.3. The fraction of sp³-hybridized carbons (Fsp3) is 0.0323. The van der Waals surface area contributed by atoms with E-state index in [-0.39, 0.29) is 11.8 Å². The van der Waals surface area contributed by atoms with Gasteiger partial charge < -0.3 is 4.42 Å². The van der Waals surface area contributed by atoms with Crippen LogP contribution in [0.4, 0.5) is 0 Å². The first kappa shape index (κ1) is 36.8. The molecule has 0 amide bonds. The van der Waals surface area contributed by atoms with Gasteiger partial charge in [0.05, 0.1) is 0 Å². The van der Waals surface area contributed by atoms with E-state index in [1.807, 2.05) is 0 Å². The SMILES string of the molecule is c1ccc(-c2cccc([Si](c3ccccc3)(c3ccccc3)c3cccc4c3C3c5ccccc5C4c4cccc(-c5ccccc5-c5cccc6oc7ccccc7c56)c43)c2)cc1. The van der Waals surface area contributed by atoms with Crippen LogP contribution >= 0.6 is 0 Å². The Labute approximate surface area is 374 Å². The van der Waals surface area contributed by atoms with E-state index in [9.17, 15) is 0 Å². The first-order valence-corrected chi connectivity index (χ1v) is 24.4. The molecule has 14 rings (SSSR count). The topological polar surface area (TPSA) is 13.1 Å². The van der Waals surface area contributed by atoms with E-state index in [4.69, 9.17) is 4.42 Å². The molecule has 1 heterocycles. The van der Waals surface area contributed by atoms with Gasteiger partial charge in [0, 0.05) is 22.6 Å². The summed E-state index contributed by atoms with van der Waals surface area (Å²) in [7, 11) is -3.04. The minimum absolute atomic E-state index is 0.00816. The van der Waals surface area contributed by atoms with Gasteiger partial charge in [-0.05, 0) is 99.6 Å². The Hall–Kier alpha value is -7.78. The molecule has 0 fully saturated rings. The Morgan fingerprint density at radius 3 is 1.55 bits per heavy atom. The number of benzene rings is 10. The van der Waals surface area contributed by atoms with E-state index < -0.39 is 8.07 Å². The van der Waals surface area contributed by atoms with Gasteiger partial charge in [-0.1, -0.05) is 231 Å². The second-order valence-electron chi connectivity index (χ2n) is 17.4. The summed E-state index contributed by atoms with van der Waals surface area (Å²) in [5, 5.41) is 7.91. The maximum Gasteiger partial charge on any atom is 0.179 e. The summed E-state index contributed by atoms with van der Waals surface area (Å²) < 4.78 is 6.46. The maximum absolute atomic E-state index is 6.46. The lowest BCUT2D eigenvalue weighted by atomic mass is 9.60. The van der Waals surface area contributed by atoms with Crippen molar-refractivity contribution in [3.63, 3.8) is 0 Å². The van der Waals surface area contributed by atoms with Gasteiger partial charge in [-0.25, -0.2) is 0 Å². The van der Waals surface area contributed by atoms with Crippen LogP contribution in [0.2, 0.25) is 0 Å². The minimum atomic E-state index is -3.04. The first-order valence-electron chi connectivity index (χ1n) is 22.4. The molecule has 0 radical (unpaired) electrons. The van der Waals surface area contributed by atoms with Crippen LogP contribution < -0.4 is 20.7 Å². The monoisotopic (exact) mass is 830 g/mol. The Kier molecular flexibility index (Phi) is 8.44. The molecule has 11 aromatic rings. The standard InChI is InChI=1S/C62H42OSi/c1-4-20-41(21-5-1)42-22-16-27-45(40-42)64(43-23-6-2-7-24-43,44-25-8-3-9-26-44)57-39-19-36-54-58-50-30-12-13-31-51(50)62(61(54)57)60-49(33-17-35-53(58)60)47-29-11-10-28-46(47)48-34-18-38-56-59(48)52-32-14-15-37-55(52)63-56/h1-40,58,62H. The zero-order valence-electron chi connectivity index (χ0n) is 35.2. The van der Waals surface area contributed by atoms with E-state index in [2.05, 4.69) is 243 Å². The van der Waals surface area contributed by atoms with Crippen LogP contribution in [-0.2, 0) is 0 Å². The number of fused-ring (bicyclic) bond motifs is 3. The van der Waals surface area contributed by atoms with Gasteiger partial charge in [-0.2, -0.15) is 0 Å². The molecule has 1 aromatic heterocycles. The van der Waals surface area contributed by atoms with E-state index in [1.165, 1.54) is 87.5 Å². The largest absolute Gasteiger partial charge is 0.456 e. The zero-order valence-corrected chi connectivity index (χ0v) is 36.2. The van der Waals surface area contributed by atoms with Gasteiger partial charge >= 0.3 is 0 Å². The summed E-state index contributed by atoms with van der Waals surface area (Å²) in [6.07, 6.45) is 0. The Bertz CT molecular complexity index is 3530. The Balaban J connectivity index is 1.11. The van der Waals surface area contributed by atoms with Crippen molar-refractivity contribution in [2.75, 3.05) is 0 Å². The fourth-order valence-electron chi connectivity index (χ4n) is 11.7. The average molecular weight is 831 g/mol. The van der Waals surface area contributed by atoms with Gasteiger partial charge in [0.1, 0.15) is 11.2 Å². The molecule has 3 aliphatic carbocycles. The molecule has 2 bridgehead atoms. The first-order chi connectivity index (χ1) is 31.8. The zero-order chi connectivity index (χ0) is 42.2. The van der Waals surface area contributed by atoms with E-state index in [0.717, 1.165) is 21.9 Å². The van der Waals surface area contributed by atoms with Gasteiger partial charge in [-0.15, -0.1) is 0 Å². The highest BCUT2D eigenvalue weighted by Crippen LogP contribution is 2.58. The second-order valence-corrected chi connectivity index (χ2v) is 21.1. The predicted molar refractivity (Wildman–Crippen MR) is 268 cm³/mol.